The van der Waals surface area contributed by atoms with E-state index in [9.17, 15) is 4.79 Å². The summed E-state index contributed by atoms with van der Waals surface area (Å²) in [5, 5.41) is 30.0. The van der Waals surface area contributed by atoms with Crippen molar-refractivity contribution in [3.8, 4) is 0 Å². The Kier molecular flexibility index (Phi) is 9.14. The molecule has 0 aliphatic heterocycles. The Labute approximate surface area is 52.2 Å². The van der Waals surface area contributed by atoms with Crippen molar-refractivity contribution in [2.75, 3.05) is 6.79 Å². The molecule has 56 valence electrons. The van der Waals surface area contributed by atoms with E-state index in [1.807, 2.05) is 0 Å². The zero-order valence-electron chi connectivity index (χ0n) is 4.98. The molecule has 0 aromatic carbocycles. The molecule has 5 nitrogen and oxygen atoms in total. The molecule has 9 heavy (non-hydrogen) atoms. The Morgan fingerprint density at radius 3 is 1.67 bits per heavy atom. The Bertz CT molecular complexity index is 69.4. The summed E-state index contributed by atoms with van der Waals surface area (Å²) >= 11 is 0. The maximum Gasteiger partial charge on any atom is 0.332 e. The molecule has 0 amide bonds. The van der Waals surface area contributed by atoms with E-state index in [4.69, 9.17) is 20.4 Å². The first-order chi connectivity index (χ1) is 4.06. The van der Waals surface area contributed by atoms with Gasteiger partial charge in [-0.15, -0.1) is 0 Å². The quantitative estimate of drug-likeness (QED) is 0.326. The van der Waals surface area contributed by atoms with Crippen LogP contribution in [0.25, 0.3) is 0 Å². The molecule has 0 aliphatic rings. The van der Waals surface area contributed by atoms with E-state index in [0.29, 0.717) is 0 Å². The van der Waals surface area contributed by atoms with Gasteiger partial charge in [-0.05, 0) is 6.92 Å². The second-order valence-electron chi connectivity index (χ2n) is 1.16. The first kappa shape index (κ1) is 11.2. The minimum absolute atomic E-state index is 0.750. The van der Waals surface area contributed by atoms with Crippen LogP contribution in [0.3, 0.4) is 0 Å². The predicted molar refractivity (Wildman–Crippen MR) is 28.6 cm³/mol. The van der Waals surface area contributed by atoms with Gasteiger partial charge in [0, 0.05) is 0 Å². The maximum atomic E-state index is 9.45. The molecule has 1 unspecified atom stereocenters. The van der Waals surface area contributed by atoms with Crippen molar-refractivity contribution < 1.29 is 25.2 Å². The lowest BCUT2D eigenvalue weighted by Gasteiger charge is -1.89. The molecule has 0 heterocycles. The lowest BCUT2D eigenvalue weighted by molar-refractivity contribution is -0.145. The third-order valence-corrected chi connectivity index (χ3v) is 0.357. The zero-order valence-corrected chi connectivity index (χ0v) is 4.98. The van der Waals surface area contributed by atoms with Gasteiger partial charge in [0.25, 0.3) is 0 Å². The normalized spacial score (nSPS) is 11.1. The minimum atomic E-state index is -1.23. The molecule has 0 fully saturated rings. The summed E-state index contributed by atoms with van der Waals surface area (Å²) in [5.74, 6) is -1.19. The fraction of sp³-hybridized carbons (Fsp3) is 0.750. The summed E-state index contributed by atoms with van der Waals surface area (Å²) in [5.41, 5.74) is 0. The average molecular weight is 138 g/mol. The van der Waals surface area contributed by atoms with E-state index in [0.717, 1.165) is 0 Å². The average Bonchev–Trinajstić information content (AvgIpc) is 1.68. The molecule has 0 saturated carbocycles. The van der Waals surface area contributed by atoms with Crippen molar-refractivity contribution in [2.45, 2.75) is 13.0 Å². The number of aliphatic hydroxyl groups is 3. The molecule has 5 heteroatoms. The minimum Gasteiger partial charge on any atom is -0.479 e. The standard InChI is InChI=1S/C3H6O3.CH4O2/c1-2(4)3(5)6;2-1-3/h2,4H,1H3,(H,5,6);2-3H,1H2. The third kappa shape index (κ3) is 18.7. The molecule has 0 aliphatic carbocycles. The molecule has 0 bridgehead atoms. The van der Waals surface area contributed by atoms with E-state index < -0.39 is 18.9 Å². The molecule has 0 radical (unpaired) electrons. The number of hydrogen-bond donors (Lipinski definition) is 4. The summed E-state index contributed by atoms with van der Waals surface area (Å²) in [6.07, 6.45) is -1.23. The highest BCUT2D eigenvalue weighted by Gasteiger charge is 2.01. The van der Waals surface area contributed by atoms with Gasteiger partial charge in [-0.25, -0.2) is 4.79 Å². The van der Waals surface area contributed by atoms with Gasteiger partial charge >= 0.3 is 5.97 Å². The van der Waals surface area contributed by atoms with E-state index in [2.05, 4.69) is 0 Å². The lowest BCUT2D eigenvalue weighted by atomic mass is 10.4. The van der Waals surface area contributed by atoms with Gasteiger partial charge in [0.05, 0.1) is 0 Å². The highest BCUT2D eigenvalue weighted by atomic mass is 16.5. The summed E-state index contributed by atoms with van der Waals surface area (Å²) < 4.78 is 0. The SMILES string of the molecule is CC(O)C(=O)O.OCO. The van der Waals surface area contributed by atoms with E-state index in [-0.39, 0.29) is 0 Å². The smallest absolute Gasteiger partial charge is 0.332 e. The van der Waals surface area contributed by atoms with E-state index >= 15 is 0 Å². The molecule has 0 rings (SSSR count). The van der Waals surface area contributed by atoms with Crippen LogP contribution in [0.1, 0.15) is 6.92 Å². The highest BCUT2D eigenvalue weighted by Crippen LogP contribution is 1.73. The molecule has 4 N–H and O–H groups in total. The van der Waals surface area contributed by atoms with Crippen LogP contribution in [0.4, 0.5) is 0 Å². The Morgan fingerprint density at radius 1 is 1.56 bits per heavy atom. The molecule has 0 saturated heterocycles. The van der Waals surface area contributed by atoms with Gasteiger partial charge in [-0.3, -0.25) is 0 Å². The number of carboxylic acids is 1. The monoisotopic (exact) mass is 138 g/mol. The van der Waals surface area contributed by atoms with Crippen LogP contribution in [0.15, 0.2) is 0 Å². The number of aliphatic hydroxyl groups excluding tert-OH is 2. The summed E-state index contributed by atoms with van der Waals surface area (Å²) in [7, 11) is 0. The maximum absolute atomic E-state index is 9.45. The van der Waals surface area contributed by atoms with Crippen molar-refractivity contribution in [1.29, 1.82) is 0 Å². The van der Waals surface area contributed by atoms with Crippen LogP contribution < -0.4 is 0 Å². The number of carbonyl (C=O) groups is 1. The first-order valence-electron chi connectivity index (χ1n) is 2.18. The largest absolute Gasteiger partial charge is 0.479 e. The first-order valence-corrected chi connectivity index (χ1v) is 2.18. The van der Waals surface area contributed by atoms with Crippen LogP contribution in [-0.2, 0) is 4.79 Å². The summed E-state index contributed by atoms with van der Waals surface area (Å²) in [4.78, 5) is 9.45. The van der Waals surface area contributed by atoms with Gasteiger partial charge < -0.3 is 20.4 Å². The predicted octanol–water partition coefficient (Wildman–Crippen LogP) is -1.62. The number of hydrogen-bond acceptors (Lipinski definition) is 4. The van der Waals surface area contributed by atoms with Crippen molar-refractivity contribution in [3.05, 3.63) is 0 Å². The van der Waals surface area contributed by atoms with E-state index in [1.54, 1.807) is 0 Å². The highest BCUT2D eigenvalue weighted by molar-refractivity contribution is 5.71. The van der Waals surface area contributed by atoms with Crippen molar-refractivity contribution in [2.24, 2.45) is 0 Å². The number of carboxylic acid groups (broad SMARTS) is 1. The number of aliphatic carboxylic acids is 1. The molecular weight excluding hydrogens is 128 g/mol. The summed E-state index contributed by atoms with van der Waals surface area (Å²) in [6, 6.07) is 0. The van der Waals surface area contributed by atoms with Gasteiger partial charge in [0.1, 0.15) is 12.9 Å². The van der Waals surface area contributed by atoms with Gasteiger partial charge in [-0.1, -0.05) is 0 Å². The molecule has 1 atom stereocenters. The van der Waals surface area contributed by atoms with Gasteiger partial charge in [0.15, 0.2) is 0 Å². The number of rotatable bonds is 1. The molecule has 0 aromatic rings. The van der Waals surface area contributed by atoms with Crippen molar-refractivity contribution >= 4 is 5.97 Å². The second-order valence-corrected chi connectivity index (χ2v) is 1.16. The van der Waals surface area contributed by atoms with Crippen molar-refractivity contribution in [1.82, 2.24) is 0 Å². The Balaban J connectivity index is 0. The zero-order chi connectivity index (χ0) is 7.86. The van der Waals surface area contributed by atoms with Crippen LogP contribution >= 0.6 is 0 Å². The van der Waals surface area contributed by atoms with Crippen LogP contribution in [0.2, 0.25) is 0 Å². The molecule has 0 aromatic heterocycles. The molecule has 0 spiro atoms. The fourth-order valence-electron chi connectivity index (χ4n) is 0. The van der Waals surface area contributed by atoms with Crippen molar-refractivity contribution in [3.63, 3.8) is 0 Å². The van der Waals surface area contributed by atoms with Crippen LogP contribution in [-0.4, -0.2) is 39.3 Å². The van der Waals surface area contributed by atoms with Gasteiger partial charge in [-0.2, -0.15) is 0 Å². The Morgan fingerprint density at radius 2 is 1.67 bits per heavy atom. The van der Waals surface area contributed by atoms with E-state index in [1.165, 1.54) is 6.92 Å². The lowest BCUT2D eigenvalue weighted by Crippen LogP contribution is -2.13. The second kappa shape index (κ2) is 7.35. The summed E-state index contributed by atoms with van der Waals surface area (Å²) in [6.45, 7) is 0.447. The topological polar surface area (TPSA) is 98.0 Å². The molecular formula is C4H10O5. The van der Waals surface area contributed by atoms with Crippen LogP contribution in [0.5, 0.6) is 0 Å². The third-order valence-electron chi connectivity index (χ3n) is 0.357. The van der Waals surface area contributed by atoms with Crippen LogP contribution in [0, 0.1) is 0 Å². The Hall–Kier alpha value is -0.650. The fourth-order valence-corrected chi connectivity index (χ4v) is 0. The van der Waals surface area contributed by atoms with Gasteiger partial charge in [0.2, 0.25) is 0 Å².